The van der Waals surface area contributed by atoms with Crippen molar-refractivity contribution in [2.75, 3.05) is 19.7 Å². The number of primary amides is 1. The standard InChI is InChI=1S/C21H29FN2O4/c1-14(2)11-28-19(26)20(18(23)25)12-21(27,13-20)16-6-5-15(17(22)9-16)10-24-7-3-4-8-24/h5-6,9,14,27H,3-4,7-8,10-13H2,1-2H3,(H2,23,25). The number of halogens is 1. The van der Waals surface area contributed by atoms with Gasteiger partial charge in [-0.15, -0.1) is 0 Å². The fraction of sp³-hybridized carbons (Fsp3) is 0.619. The van der Waals surface area contributed by atoms with Crippen molar-refractivity contribution in [2.24, 2.45) is 17.1 Å². The highest BCUT2D eigenvalue weighted by atomic mass is 19.1. The van der Waals surface area contributed by atoms with Gasteiger partial charge in [-0.05, 0) is 43.5 Å². The van der Waals surface area contributed by atoms with Gasteiger partial charge in [0.25, 0.3) is 0 Å². The molecule has 6 nitrogen and oxygen atoms in total. The number of benzene rings is 1. The minimum atomic E-state index is -1.56. The molecule has 7 heteroatoms. The lowest BCUT2D eigenvalue weighted by atomic mass is 9.56. The van der Waals surface area contributed by atoms with E-state index in [2.05, 4.69) is 4.90 Å². The van der Waals surface area contributed by atoms with Gasteiger partial charge >= 0.3 is 5.97 Å². The Kier molecular flexibility index (Phi) is 5.77. The number of nitrogens with two attached hydrogens (primary N) is 1. The van der Waals surface area contributed by atoms with Gasteiger partial charge in [0.05, 0.1) is 12.2 Å². The normalized spacial score (nSPS) is 27.6. The Balaban J connectivity index is 1.72. The van der Waals surface area contributed by atoms with E-state index in [0.29, 0.717) is 17.7 Å². The molecule has 3 N–H and O–H groups in total. The van der Waals surface area contributed by atoms with Gasteiger partial charge in [0.1, 0.15) is 5.82 Å². The lowest BCUT2D eigenvalue weighted by molar-refractivity contribution is -0.192. The maximum Gasteiger partial charge on any atom is 0.321 e. The summed E-state index contributed by atoms with van der Waals surface area (Å²) in [6.07, 6.45) is 1.86. The van der Waals surface area contributed by atoms with Crippen molar-refractivity contribution in [2.45, 2.75) is 51.7 Å². The molecule has 1 aliphatic carbocycles. The Hall–Kier alpha value is -1.99. The summed E-state index contributed by atoms with van der Waals surface area (Å²) in [7, 11) is 0. The number of carbonyl (C=O) groups is 2. The van der Waals surface area contributed by atoms with Gasteiger partial charge in [-0.1, -0.05) is 26.0 Å². The summed E-state index contributed by atoms with van der Waals surface area (Å²) in [5.41, 5.74) is 3.35. The quantitative estimate of drug-likeness (QED) is 0.547. The summed E-state index contributed by atoms with van der Waals surface area (Å²) in [6, 6.07) is 4.64. The summed E-state index contributed by atoms with van der Waals surface area (Å²) in [5.74, 6) is -1.82. The molecule has 0 atom stereocenters. The van der Waals surface area contributed by atoms with Gasteiger partial charge in [0.2, 0.25) is 5.91 Å². The van der Waals surface area contributed by atoms with Crippen LogP contribution in [0.4, 0.5) is 4.39 Å². The van der Waals surface area contributed by atoms with Crippen LogP contribution < -0.4 is 5.73 Å². The molecule has 1 heterocycles. The molecule has 0 bridgehead atoms. The van der Waals surface area contributed by atoms with Gasteiger partial charge in [-0.3, -0.25) is 14.5 Å². The maximum atomic E-state index is 14.6. The lowest BCUT2D eigenvalue weighted by Crippen LogP contribution is -2.60. The van der Waals surface area contributed by atoms with Crippen molar-refractivity contribution < 1.29 is 23.8 Å². The van der Waals surface area contributed by atoms with Crippen LogP contribution in [-0.4, -0.2) is 41.6 Å². The number of hydrogen-bond donors (Lipinski definition) is 2. The molecule has 0 radical (unpaired) electrons. The summed E-state index contributed by atoms with van der Waals surface area (Å²) in [5, 5.41) is 10.9. The largest absolute Gasteiger partial charge is 0.465 e. The summed E-state index contributed by atoms with van der Waals surface area (Å²) in [4.78, 5) is 26.6. The van der Waals surface area contributed by atoms with Gasteiger partial charge in [-0.2, -0.15) is 0 Å². The number of likely N-dealkylation sites (tertiary alicyclic amines) is 1. The molecule has 1 aliphatic heterocycles. The monoisotopic (exact) mass is 392 g/mol. The van der Waals surface area contributed by atoms with Gasteiger partial charge in [-0.25, -0.2) is 4.39 Å². The van der Waals surface area contributed by atoms with Crippen LogP contribution in [0, 0.1) is 17.2 Å². The maximum absolute atomic E-state index is 14.6. The molecule has 0 spiro atoms. The minimum absolute atomic E-state index is 0.116. The molecule has 1 aromatic carbocycles. The lowest BCUT2D eigenvalue weighted by Gasteiger charge is -2.49. The Morgan fingerprint density at radius 2 is 1.93 bits per heavy atom. The smallest absolute Gasteiger partial charge is 0.321 e. The Morgan fingerprint density at radius 3 is 2.46 bits per heavy atom. The first-order valence-corrected chi connectivity index (χ1v) is 9.87. The Morgan fingerprint density at radius 1 is 1.29 bits per heavy atom. The summed E-state index contributed by atoms with van der Waals surface area (Å²) in [6.45, 7) is 6.40. The fourth-order valence-corrected chi connectivity index (χ4v) is 4.10. The van der Waals surface area contributed by atoms with Crippen molar-refractivity contribution in [1.29, 1.82) is 0 Å². The van der Waals surface area contributed by atoms with E-state index < -0.39 is 28.7 Å². The molecule has 1 saturated heterocycles. The molecule has 2 fully saturated rings. The van der Waals surface area contributed by atoms with Gasteiger partial charge < -0.3 is 15.6 Å². The number of carbonyl (C=O) groups excluding carboxylic acids is 2. The molecule has 2 aliphatic rings. The molecular weight excluding hydrogens is 363 g/mol. The van der Waals surface area contributed by atoms with Crippen LogP contribution in [0.3, 0.4) is 0 Å². The first-order valence-electron chi connectivity index (χ1n) is 9.87. The molecule has 0 unspecified atom stereocenters. The van der Waals surface area contributed by atoms with E-state index >= 15 is 0 Å². The predicted octanol–water partition coefficient (Wildman–Crippen LogP) is 2.07. The number of esters is 1. The van der Waals surface area contributed by atoms with Crippen molar-refractivity contribution in [1.82, 2.24) is 4.90 Å². The Labute approximate surface area is 164 Å². The zero-order valence-electron chi connectivity index (χ0n) is 16.5. The number of rotatable bonds is 7. The molecule has 1 saturated carbocycles. The molecule has 1 aromatic rings. The molecule has 154 valence electrons. The Bertz CT molecular complexity index is 753. The first kappa shape index (κ1) is 20.7. The molecule has 1 amide bonds. The van der Waals surface area contributed by atoms with Crippen LogP contribution in [-0.2, 0) is 26.5 Å². The van der Waals surface area contributed by atoms with Crippen molar-refractivity contribution in [3.63, 3.8) is 0 Å². The molecular formula is C21H29FN2O4. The molecule has 3 rings (SSSR count). The van der Waals surface area contributed by atoms with Crippen LogP contribution >= 0.6 is 0 Å². The third-order valence-electron chi connectivity index (χ3n) is 5.78. The topological polar surface area (TPSA) is 92.9 Å². The molecule has 0 aromatic heterocycles. The van der Waals surface area contributed by atoms with Crippen LogP contribution in [0.2, 0.25) is 0 Å². The van der Waals surface area contributed by atoms with E-state index in [1.165, 1.54) is 6.07 Å². The van der Waals surface area contributed by atoms with Crippen LogP contribution in [0.15, 0.2) is 18.2 Å². The second-order valence-electron chi connectivity index (χ2n) is 8.61. The van der Waals surface area contributed by atoms with Crippen molar-refractivity contribution in [3.05, 3.63) is 35.1 Å². The number of nitrogens with zero attached hydrogens (tertiary/aromatic N) is 1. The highest BCUT2D eigenvalue weighted by Crippen LogP contribution is 2.55. The third-order valence-corrected chi connectivity index (χ3v) is 5.78. The predicted molar refractivity (Wildman–Crippen MR) is 101 cm³/mol. The zero-order chi connectivity index (χ0) is 20.5. The second-order valence-corrected chi connectivity index (χ2v) is 8.61. The summed E-state index contributed by atoms with van der Waals surface area (Å²) < 4.78 is 19.8. The van der Waals surface area contributed by atoms with Crippen LogP contribution in [0.1, 0.15) is 50.7 Å². The van der Waals surface area contributed by atoms with Crippen LogP contribution in [0.25, 0.3) is 0 Å². The van der Waals surface area contributed by atoms with Gasteiger partial charge in [0.15, 0.2) is 5.41 Å². The number of amides is 1. The molecule has 28 heavy (non-hydrogen) atoms. The van der Waals surface area contributed by atoms with Crippen molar-refractivity contribution >= 4 is 11.9 Å². The van der Waals surface area contributed by atoms with E-state index in [4.69, 9.17) is 10.5 Å². The second kappa shape index (κ2) is 7.79. The van der Waals surface area contributed by atoms with E-state index in [1.807, 2.05) is 13.8 Å². The van der Waals surface area contributed by atoms with E-state index in [-0.39, 0.29) is 25.4 Å². The van der Waals surface area contributed by atoms with E-state index in [1.54, 1.807) is 12.1 Å². The number of hydrogen-bond acceptors (Lipinski definition) is 5. The zero-order valence-corrected chi connectivity index (χ0v) is 16.5. The van der Waals surface area contributed by atoms with E-state index in [0.717, 1.165) is 25.9 Å². The summed E-state index contributed by atoms with van der Waals surface area (Å²) >= 11 is 0. The average Bonchev–Trinajstić information content (AvgIpc) is 3.11. The third kappa shape index (κ3) is 3.91. The fourth-order valence-electron chi connectivity index (χ4n) is 4.10. The van der Waals surface area contributed by atoms with Crippen LogP contribution in [0.5, 0.6) is 0 Å². The number of aliphatic hydroxyl groups is 1. The highest BCUT2D eigenvalue weighted by Gasteiger charge is 2.64. The highest BCUT2D eigenvalue weighted by molar-refractivity contribution is 6.03. The van der Waals surface area contributed by atoms with Crippen molar-refractivity contribution in [3.8, 4) is 0 Å². The van der Waals surface area contributed by atoms with Gasteiger partial charge in [0, 0.05) is 24.9 Å². The first-order chi connectivity index (χ1) is 13.2. The number of ether oxygens (including phenoxy) is 1. The average molecular weight is 392 g/mol. The SMILES string of the molecule is CC(C)COC(=O)C1(C(N)=O)CC(O)(c2ccc(CN3CCCC3)c(F)c2)C1. The minimum Gasteiger partial charge on any atom is -0.465 e. The van der Waals surface area contributed by atoms with E-state index in [9.17, 15) is 19.1 Å².